The van der Waals surface area contributed by atoms with E-state index < -0.39 is 17.5 Å². The second-order valence-corrected chi connectivity index (χ2v) is 6.70. The minimum absolute atomic E-state index is 0.00393. The van der Waals surface area contributed by atoms with Gasteiger partial charge in [-0.3, -0.25) is 9.20 Å². The average Bonchev–Trinajstić information content (AvgIpc) is 3.20. The molecule has 0 aliphatic rings. The number of thiazole rings is 1. The number of halogens is 3. The number of aromatic nitrogens is 2. The number of amides is 1. The van der Waals surface area contributed by atoms with Gasteiger partial charge in [-0.15, -0.1) is 11.3 Å². The van der Waals surface area contributed by atoms with Crippen molar-refractivity contribution in [3.8, 4) is 11.3 Å². The predicted octanol–water partition coefficient (Wildman–Crippen LogP) is 4.66. The summed E-state index contributed by atoms with van der Waals surface area (Å²) in [6.45, 7) is 0. The number of nitrogens with zero attached hydrogens (tertiary/aromatic N) is 2. The number of fused-ring (bicyclic) bond motifs is 1. The third-order valence-electron chi connectivity index (χ3n) is 3.97. The van der Waals surface area contributed by atoms with Gasteiger partial charge in [0.05, 0.1) is 17.8 Å². The number of nitrogens with one attached hydrogen (secondary N) is 1. The largest absolute Gasteiger partial charge is 0.323 e. The van der Waals surface area contributed by atoms with Crippen LogP contribution in [-0.2, 0) is 11.2 Å². The molecule has 136 valence electrons. The maximum Gasteiger partial charge on any atom is 0.230 e. The number of benzene rings is 2. The van der Waals surface area contributed by atoms with Crippen molar-refractivity contribution in [2.45, 2.75) is 6.42 Å². The topological polar surface area (TPSA) is 46.4 Å². The highest BCUT2D eigenvalue weighted by molar-refractivity contribution is 7.15. The molecule has 1 N–H and O–H groups in total. The van der Waals surface area contributed by atoms with Crippen LogP contribution in [0.4, 0.5) is 18.9 Å². The lowest BCUT2D eigenvalue weighted by molar-refractivity contribution is -0.115. The molecule has 0 radical (unpaired) electrons. The Hall–Kier alpha value is -3.13. The molecule has 2 aromatic carbocycles. The molecule has 0 unspecified atom stereocenters. The Morgan fingerprint density at radius 1 is 1.07 bits per heavy atom. The SMILES string of the molecule is O=C(Cc1csc2nc(-c3ccc(F)cc3)cn12)Nc1ccc(F)cc1F. The molecular weight excluding hydrogens is 375 g/mol. The summed E-state index contributed by atoms with van der Waals surface area (Å²) in [4.78, 5) is 17.4. The number of carbonyl (C=O) groups excluding carboxylic acids is 1. The maximum atomic E-state index is 13.7. The summed E-state index contributed by atoms with van der Waals surface area (Å²) in [7, 11) is 0. The lowest BCUT2D eigenvalue weighted by Crippen LogP contribution is -2.16. The van der Waals surface area contributed by atoms with Crippen molar-refractivity contribution in [1.82, 2.24) is 9.38 Å². The molecule has 0 fully saturated rings. The molecule has 1 amide bonds. The molecular formula is C19H12F3N3OS. The predicted molar refractivity (Wildman–Crippen MR) is 97.2 cm³/mol. The van der Waals surface area contributed by atoms with Crippen LogP contribution < -0.4 is 5.32 Å². The van der Waals surface area contributed by atoms with E-state index in [1.807, 2.05) is 0 Å². The van der Waals surface area contributed by atoms with Crippen molar-refractivity contribution in [1.29, 1.82) is 0 Å². The van der Waals surface area contributed by atoms with Crippen molar-refractivity contribution in [2.75, 3.05) is 5.32 Å². The monoisotopic (exact) mass is 387 g/mol. The zero-order valence-corrected chi connectivity index (χ0v) is 14.6. The van der Waals surface area contributed by atoms with Crippen LogP contribution in [0.3, 0.4) is 0 Å². The number of carbonyl (C=O) groups is 1. The smallest absolute Gasteiger partial charge is 0.230 e. The first-order valence-corrected chi connectivity index (χ1v) is 8.84. The molecule has 0 saturated carbocycles. The van der Waals surface area contributed by atoms with Gasteiger partial charge in [-0.05, 0) is 36.4 Å². The molecule has 0 aliphatic carbocycles. The Labute approximate surface area is 155 Å². The summed E-state index contributed by atoms with van der Waals surface area (Å²) < 4.78 is 41.5. The van der Waals surface area contributed by atoms with Gasteiger partial charge in [0.1, 0.15) is 17.5 Å². The summed E-state index contributed by atoms with van der Waals surface area (Å²) in [5, 5.41) is 4.22. The van der Waals surface area contributed by atoms with Gasteiger partial charge in [0.2, 0.25) is 5.91 Å². The molecule has 27 heavy (non-hydrogen) atoms. The van der Waals surface area contributed by atoms with Crippen LogP contribution in [0.5, 0.6) is 0 Å². The van der Waals surface area contributed by atoms with Crippen LogP contribution in [-0.4, -0.2) is 15.3 Å². The first kappa shape index (κ1) is 17.3. The van der Waals surface area contributed by atoms with E-state index in [2.05, 4.69) is 10.3 Å². The minimum Gasteiger partial charge on any atom is -0.323 e. The number of imidazole rings is 1. The van der Waals surface area contributed by atoms with Gasteiger partial charge >= 0.3 is 0 Å². The highest BCUT2D eigenvalue weighted by atomic mass is 32.1. The van der Waals surface area contributed by atoms with Gasteiger partial charge in [-0.2, -0.15) is 0 Å². The van der Waals surface area contributed by atoms with E-state index in [0.29, 0.717) is 22.4 Å². The van der Waals surface area contributed by atoms with E-state index in [1.54, 1.807) is 28.1 Å². The van der Waals surface area contributed by atoms with E-state index in [-0.39, 0.29) is 17.9 Å². The zero-order valence-electron chi connectivity index (χ0n) is 13.7. The molecule has 0 spiro atoms. The van der Waals surface area contributed by atoms with Crippen LogP contribution in [0.1, 0.15) is 5.69 Å². The van der Waals surface area contributed by atoms with Gasteiger partial charge in [0.25, 0.3) is 0 Å². The van der Waals surface area contributed by atoms with Gasteiger partial charge in [0.15, 0.2) is 4.96 Å². The molecule has 4 nitrogen and oxygen atoms in total. The van der Waals surface area contributed by atoms with E-state index in [0.717, 1.165) is 11.6 Å². The molecule has 0 saturated heterocycles. The van der Waals surface area contributed by atoms with Crippen LogP contribution in [0.2, 0.25) is 0 Å². The summed E-state index contributed by atoms with van der Waals surface area (Å²) >= 11 is 1.36. The van der Waals surface area contributed by atoms with E-state index in [4.69, 9.17) is 0 Å². The highest BCUT2D eigenvalue weighted by Crippen LogP contribution is 2.24. The molecule has 4 aromatic rings. The van der Waals surface area contributed by atoms with Crippen LogP contribution in [0, 0.1) is 17.5 Å². The lowest BCUT2D eigenvalue weighted by atomic mass is 10.2. The molecule has 2 heterocycles. The molecule has 0 bridgehead atoms. The Bertz CT molecular complexity index is 1140. The Kier molecular flexibility index (Phi) is 4.41. The highest BCUT2D eigenvalue weighted by Gasteiger charge is 2.14. The van der Waals surface area contributed by atoms with Crippen molar-refractivity contribution < 1.29 is 18.0 Å². The van der Waals surface area contributed by atoms with E-state index in [9.17, 15) is 18.0 Å². The quantitative estimate of drug-likeness (QED) is 0.554. The summed E-state index contributed by atoms with van der Waals surface area (Å²) in [6, 6.07) is 8.94. The Balaban J connectivity index is 1.55. The first-order chi connectivity index (χ1) is 13.0. The minimum atomic E-state index is -0.833. The van der Waals surface area contributed by atoms with Crippen LogP contribution in [0.25, 0.3) is 16.2 Å². The zero-order chi connectivity index (χ0) is 19.0. The van der Waals surface area contributed by atoms with Gasteiger partial charge in [-0.25, -0.2) is 18.2 Å². The maximum absolute atomic E-state index is 13.7. The number of rotatable bonds is 4. The number of hydrogen-bond donors (Lipinski definition) is 1. The molecule has 4 rings (SSSR count). The summed E-state index contributed by atoms with van der Waals surface area (Å²) in [5.74, 6) is -2.31. The summed E-state index contributed by atoms with van der Waals surface area (Å²) in [5.41, 5.74) is 2.02. The van der Waals surface area contributed by atoms with Crippen molar-refractivity contribution >= 4 is 27.9 Å². The lowest BCUT2D eigenvalue weighted by Gasteiger charge is -2.06. The van der Waals surface area contributed by atoms with Crippen molar-refractivity contribution in [2.24, 2.45) is 0 Å². The second-order valence-electron chi connectivity index (χ2n) is 5.86. The number of hydrogen-bond acceptors (Lipinski definition) is 3. The van der Waals surface area contributed by atoms with E-state index in [1.165, 1.54) is 29.5 Å². The fourth-order valence-electron chi connectivity index (χ4n) is 2.67. The molecule has 8 heteroatoms. The van der Waals surface area contributed by atoms with Crippen molar-refractivity contribution in [3.05, 3.63) is 77.2 Å². The molecule has 0 atom stereocenters. The Morgan fingerprint density at radius 2 is 1.81 bits per heavy atom. The second kappa shape index (κ2) is 6.88. The van der Waals surface area contributed by atoms with Crippen LogP contribution in [0.15, 0.2) is 54.0 Å². The number of anilines is 1. The standard InChI is InChI=1S/C19H12F3N3OS/c20-12-3-1-11(2-4-12)17-9-25-14(10-27-19(25)24-17)8-18(26)23-16-6-5-13(21)7-15(16)22/h1-7,9-10H,8H2,(H,23,26). The fraction of sp³-hybridized carbons (Fsp3) is 0.0526. The van der Waals surface area contributed by atoms with E-state index >= 15 is 0 Å². The normalized spacial score (nSPS) is 11.1. The average molecular weight is 387 g/mol. The summed E-state index contributed by atoms with van der Waals surface area (Å²) in [6.07, 6.45) is 1.76. The fourth-order valence-corrected chi connectivity index (χ4v) is 3.54. The Morgan fingerprint density at radius 3 is 2.56 bits per heavy atom. The molecule has 0 aliphatic heterocycles. The first-order valence-electron chi connectivity index (χ1n) is 7.96. The van der Waals surface area contributed by atoms with Gasteiger partial charge < -0.3 is 5.32 Å². The van der Waals surface area contributed by atoms with Crippen LogP contribution >= 0.6 is 11.3 Å². The van der Waals surface area contributed by atoms with Crippen molar-refractivity contribution in [3.63, 3.8) is 0 Å². The van der Waals surface area contributed by atoms with Gasteiger partial charge in [0, 0.05) is 28.9 Å². The molecule has 2 aromatic heterocycles. The third-order valence-corrected chi connectivity index (χ3v) is 4.86. The third kappa shape index (κ3) is 3.56. The van der Waals surface area contributed by atoms with Gasteiger partial charge in [-0.1, -0.05) is 0 Å².